The third kappa shape index (κ3) is 3.24. The highest BCUT2D eigenvalue weighted by Gasteiger charge is 2.36. The van der Waals surface area contributed by atoms with Gasteiger partial charge in [0, 0.05) is 11.5 Å². The Balaban J connectivity index is 2.13. The smallest absolute Gasteiger partial charge is 0.354 e. The fourth-order valence-corrected chi connectivity index (χ4v) is 2.22. The summed E-state index contributed by atoms with van der Waals surface area (Å²) >= 11 is 0.621. The molecule has 0 bridgehead atoms. The van der Waals surface area contributed by atoms with Crippen molar-refractivity contribution in [2.45, 2.75) is 26.1 Å². The molecule has 108 valence electrons. The Hall–Kier alpha value is -1.70. The zero-order valence-corrected chi connectivity index (χ0v) is 11.4. The van der Waals surface area contributed by atoms with Gasteiger partial charge in [0.1, 0.15) is 5.82 Å². The Bertz CT molecular complexity index is 609. The molecule has 1 heterocycles. The molecule has 20 heavy (non-hydrogen) atoms. The fraction of sp³-hybridized carbons (Fsp3) is 0.333. The van der Waals surface area contributed by atoms with Crippen molar-refractivity contribution in [2.75, 3.05) is 5.32 Å². The number of alkyl halides is 3. The minimum atomic E-state index is -4.56. The van der Waals surface area contributed by atoms with Gasteiger partial charge in [-0.25, -0.2) is 4.39 Å². The number of nitrogens with one attached hydrogen (secondary N) is 1. The quantitative estimate of drug-likeness (QED) is 0.865. The van der Waals surface area contributed by atoms with Gasteiger partial charge in [0.2, 0.25) is 11.0 Å². The standard InChI is InChI=1S/C12H11F4N3S/c1-6-3-4-8(5-9(6)13)7(2)17-11-18-10(19-20-11)12(14,15)16/h3-5,7H,1-2H3,(H,17,18,19). The van der Waals surface area contributed by atoms with E-state index >= 15 is 0 Å². The number of halogens is 4. The van der Waals surface area contributed by atoms with Gasteiger partial charge in [-0.1, -0.05) is 12.1 Å². The third-order valence-electron chi connectivity index (χ3n) is 2.72. The first-order chi connectivity index (χ1) is 9.27. The molecule has 0 aliphatic heterocycles. The van der Waals surface area contributed by atoms with Crippen molar-refractivity contribution in [1.82, 2.24) is 9.36 Å². The number of hydrogen-bond donors (Lipinski definition) is 1. The van der Waals surface area contributed by atoms with E-state index in [1.807, 2.05) is 0 Å². The molecule has 0 fully saturated rings. The van der Waals surface area contributed by atoms with Crippen LogP contribution in [0.1, 0.15) is 29.9 Å². The summed E-state index contributed by atoms with van der Waals surface area (Å²) in [5.41, 5.74) is 1.13. The van der Waals surface area contributed by atoms with E-state index in [1.165, 1.54) is 6.07 Å². The summed E-state index contributed by atoms with van der Waals surface area (Å²) < 4.78 is 53.8. The maximum Gasteiger partial charge on any atom is 0.452 e. The maximum absolute atomic E-state index is 13.4. The van der Waals surface area contributed by atoms with Gasteiger partial charge in [-0.15, -0.1) is 0 Å². The van der Waals surface area contributed by atoms with Crippen LogP contribution in [0.25, 0.3) is 0 Å². The summed E-state index contributed by atoms with van der Waals surface area (Å²) in [4.78, 5) is 3.36. The molecule has 0 aliphatic rings. The Morgan fingerprint density at radius 1 is 1.30 bits per heavy atom. The average molecular weight is 305 g/mol. The van der Waals surface area contributed by atoms with Crippen LogP contribution in [0.5, 0.6) is 0 Å². The second kappa shape index (κ2) is 5.35. The fourth-order valence-electron chi connectivity index (χ4n) is 1.54. The number of aromatic nitrogens is 2. The van der Waals surface area contributed by atoms with Crippen LogP contribution in [0.15, 0.2) is 18.2 Å². The van der Waals surface area contributed by atoms with Crippen LogP contribution >= 0.6 is 11.5 Å². The van der Waals surface area contributed by atoms with Crippen LogP contribution in [0.4, 0.5) is 22.7 Å². The number of nitrogens with zero attached hydrogens (tertiary/aromatic N) is 2. The minimum absolute atomic E-state index is 0.0470. The molecule has 3 nitrogen and oxygen atoms in total. The van der Waals surface area contributed by atoms with Crippen LogP contribution in [-0.4, -0.2) is 9.36 Å². The van der Waals surface area contributed by atoms with Crippen molar-refractivity contribution in [3.8, 4) is 0 Å². The molecular weight excluding hydrogens is 294 g/mol. The first-order valence-electron chi connectivity index (χ1n) is 5.71. The molecular formula is C12H11F4N3S. The van der Waals surface area contributed by atoms with Crippen LogP contribution in [0.3, 0.4) is 0 Å². The molecule has 8 heteroatoms. The predicted octanol–water partition coefficient (Wildman–Crippen LogP) is 4.18. The first-order valence-corrected chi connectivity index (χ1v) is 6.48. The molecule has 2 aromatic rings. The lowest BCUT2D eigenvalue weighted by Crippen LogP contribution is -2.09. The molecule has 0 radical (unpaired) electrons. The van der Waals surface area contributed by atoms with E-state index in [9.17, 15) is 17.6 Å². The molecule has 0 spiro atoms. The zero-order valence-electron chi connectivity index (χ0n) is 10.6. The molecule has 1 aromatic carbocycles. The molecule has 1 N–H and O–H groups in total. The highest BCUT2D eigenvalue weighted by molar-refractivity contribution is 7.09. The average Bonchev–Trinajstić information content (AvgIpc) is 2.81. The topological polar surface area (TPSA) is 37.8 Å². The van der Waals surface area contributed by atoms with Gasteiger partial charge >= 0.3 is 6.18 Å². The number of anilines is 1. The van der Waals surface area contributed by atoms with Gasteiger partial charge in [-0.2, -0.15) is 22.5 Å². The third-order valence-corrected chi connectivity index (χ3v) is 3.36. The lowest BCUT2D eigenvalue weighted by Gasteiger charge is -2.13. The zero-order chi connectivity index (χ0) is 14.9. The summed E-state index contributed by atoms with van der Waals surface area (Å²) in [5, 5.41) is 2.82. The van der Waals surface area contributed by atoms with Gasteiger partial charge in [0.05, 0.1) is 6.04 Å². The molecule has 1 atom stereocenters. The Morgan fingerprint density at radius 2 is 2.00 bits per heavy atom. The number of rotatable bonds is 3. The van der Waals surface area contributed by atoms with Crippen molar-refractivity contribution < 1.29 is 17.6 Å². The second-order valence-electron chi connectivity index (χ2n) is 4.30. The summed E-state index contributed by atoms with van der Waals surface area (Å²) in [6.45, 7) is 3.34. The van der Waals surface area contributed by atoms with E-state index in [4.69, 9.17) is 0 Å². The number of benzene rings is 1. The summed E-state index contributed by atoms with van der Waals surface area (Å²) in [7, 11) is 0. The van der Waals surface area contributed by atoms with Crippen molar-refractivity contribution in [3.05, 3.63) is 41.0 Å². The van der Waals surface area contributed by atoms with Crippen molar-refractivity contribution in [1.29, 1.82) is 0 Å². The molecule has 0 amide bonds. The highest BCUT2D eigenvalue weighted by Crippen LogP contribution is 2.30. The van der Waals surface area contributed by atoms with Gasteiger partial charge < -0.3 is 5.32 Å². The van der Waals surface area contributed by atoms with E-state index in [0.717, 1.165) is 0 Å². The minimum Gasteiger partial charge on any atom is -0.354 e. The molecule has 1 unspecified atom stereocenters. The summed E-state index contributed by atoms with van der Waals surface area (Å²) in [6, 6.07) is 4.30. The SMILES string of the molecule is Cc1ccc(C(C)Nc2nc(C(F)(F)F)ns2)cc1F. The molecule has 0 saturated heterocycles. The van der Waals surface area contributed by atoms with Crippen LogP contribution in [0, 0.1) is 12.7 Å². The van der Waals surface area contributed by atoms with E-state index in [1.54, 1.807) is 26.0 Å². The maximum atomic E-state index is 13.4. The van der Waals surface area contributed by atoms with E-state index in [-0.39, 0.29) is 17.0 Å². The molecule has 1 aromatic heterocycles. The summed E-state index contributed by atoms with van der Waals surface area (Å²) in [6.07, 6.45) is -4.56. The highest BCUT2D eigenvalue weighted by atomic mass is 32.1. The molecule has 0 aliphatic carbocycles. The summed E-state index contributed by atoms with van der Waals surface area (Å²) in [5.74, 6) is -1.53. The van der Waals surface area contributed by atoms with Crippen molar-refractivity contribution in [3.63, 3.8) is 0 Å². The van der Waals surface area contributed by atoms with E-state index < -0.39 is 12.0 Å². The molecule has 0 saturated carbocycles. The van der Waals surface area contributed by atoms with Crippen molar-refractivity contribution in [2.24, 2.45) is 0 Å². The van der Waals surface area contributed by atoms with Gasteiger partial charge in [0.25, 0.3) is 0 Å². The Morgan fingerprint density at radius 3 is 2.55 bits per heavy atom. The van der Waals surface area contributed by atoms with Crippen LogP contribution in [-0.2, 0) is 6.18 Å². The van der Waals surface area contributed by atoms with Crippen LogP contribution in [0.2, 0.25) is 0 Å². The molecule has 2 rings (SSSR count). The van der Waals surface area contributed by atoms with E-state index in [2.05, 4.69) is 14.7 Å². The van der Waals surface area contributed by atoms with Crippen LogP contribution < -0.4 is 5.32 Å². The number of aryl methyl sites for hydroxylation is 1. The lowest BCUT2D eigenvalue weighted by atomic mass is 10.1. The monoisotopic (exact) mass is 305 g/mol. The number of hydrogen-bond acceptors (Lipinski definition) is 4. The normalized spacial score (nSPS) is 13.3. The predicted molar refractivity (Wildman–Crippen MR) is 68.1 cm³/mol. The van der Waals surface area contributed by atoms with Gasteiger partial charge in [-0.3, -0.25) is 0 Å². The van der Waals surface area contributed by atoms with Crippen molar-refractivity contribution >= 4 is 16.7 Å². The lowest BCUT2D eigenvalue weighted by molar-refractivity contribution is -0.144. The van der Waals surface area contributed by atoms with Gasteiger partial charge in [0.15, 0.2) is 0 Å². The second-order valence-corrected chi connectivity index (χ2v) is 5.05. The first kappa shape index (κ1) is 14.7. The largest absolute Gasteiger partial charge is 0.452 e. The Kier molecular flexibility index (Phi) is 3.94. The van der Waals surface area contributed by atoms with Gasteiger partial charge in [-0.05, 0) is 31.0 Å². The van der Waals surface area contributed by atoms with E-state index in [0.29, 0.717) is 22.7 Å². The Labute approximate surface area is 116 Å².